The zero-order valence-electron chi connectivity index (χ0n) is 10.4. The number of fused-ring (bicyclic) bond motifs is 2. The van der Waals surface area contributed by atoms with Gasteiger partial charge in [-0.15, -0.1) is 0 Å². The second kappa shape index (κ2) is 4.09. The van der Waals surface area contributed by atoms with Gasteiger partial charge in [0.2, 0.25) is 0 Å². The molecule has 0 unspecified atom stereocenters. The van der Waals surface area contributed by atoms with Gasteiger partial charge in [0.05, 0.1) is 10.1 Å². The lowest BCUT2D eigenvalue weighted by molar-refractivity contribution is 0.0718. The zero-order chi connectivity index (χ0) is 13.2. The van der Waals surface area contributed by atoms with Crippen molar-refractivity contribution in [2.24, 2.45) is 23.7 Å². The summed E-state index contributed by atoms with van der Waals surface area (Å²) in [6, 6.07) is 0. The number of allylic oxidation sites excluding steroid dienone is 4. The number of halogens is 4. The molecule has 4 aliphatic rings. The maximum absolute atomic E-state index is 8.16. The minimum Gasteiger partial charge on any atom is -0.0871 e. The van der Waals surface area contributed by atoms with Crippen molar-refractivity contribution in [3.63, 3.8) is 0 Å². The fraction of sp³-hybridized carbons (Fsp3) is 0.667. The van der Waals surface area contributed by atoms with Crippen LogP contribution in [0.15, 0.2) is 20.1 Å². The molecule has 3 fully saturated rings. The Morgan fingerprint density at radius 1 is 0.812 bits per heavy atom. The summed E-state index contributed by atoms with van der Waals surface area (Å²) >= 11 is 24.9. The number of hydrogen-bond acceptors (Lipinski definition) is 0. The van der Waals surface area contributed by atoms with Crippen molar-refractivity contribution in [3.8, 4) is 0 Å². The summed E-state index contributed by atoms with van der Waals surface area (Å²) in [5, 5.41) is 1.72. The van der Waals surface area contributed by atoms with Crippen molar-refractivity contribution in [1.29, 1.82) is 0 Å². The predicted molar refractivity (Wildman–Crippen MR) is 69.9 cm³/mol. The summed E-state index contributed by atoms with van der Waals surface area (Å²) in [5.41, 5.74) is 0. The summed E-state index contributed by atoms with van der Waals surface area (Å²) in [4.78, 5) is 0. The van der Waals surface area contributed by atoms with Crippen LogP contribution in [0.5, 0.6) is 0 Å². The quantitative estimate of drug-likeness (QED) is 0.559. The van der Waals surface area contributed by atoms with Crippen molar-refractivity contribution in [2.75, 3.05) is 0 Å². The summed E-state index contributed by atoms with van der Waals surface area (Å²) in [5.74, 6) is 0.110. The molecule has 0 spiro atoms. The lowest BCUT2D eigenvalue weighted by Gasteiger charge is -2.50. The third kappa shape index (κ3) is 1.50. The Morgan fingerprint density at radius 3 is 1.56 bits per heavy atom. The van der Waals surface area contributed by atoms with Crippen LogP contribution in [0.25, 0.3) is 0 Å². The van der Waals surface area contributed by atoms with Crippen LogP contribution >= 0.6 is 46.4 Å². The van der Waals surface area contributed by atoms with Gasteiger partial charge in [-0.3, -0.25) is 0 Å². The van der Waals surface area contributed by atoms with Crippen molar-refractivity contribution in [1.82, 2.24) is 0 Å². The highest BCUT2D eigenvalue weighted by atomic mass is 35.5. The second-order valence-corrected chi connectivity index (χ2v) is 6.24. The van der Waals surface area contributed by atoms with Gasteiger partial charge < -0.3 is 0 Å². The van der Waals surface area contributed by atoms with Gasteiger partial charge in [-0.25, -0.2) is 0 Å². The van der Waals surface area contributed by atoms with E-state index in [2.05, 4.69) is 0 Å². The smallest absolute Gasteiger partial charge is 0.0752 e. The molecule has 16 heavy (non-hydrogen) atoms. The van der Waals surface area contributed by atoms with Gasteiger partial charge in [-0.1, -0.05) is 46.4 Å². The zero-order valence-corrected chi connectivity index (χ0v) is 11.4. The van der Waals surface area contributed by atoms with Crippen molar-refractivity contribution >= 4 is 46.4 Å². The van der Waals surface area contributed by atoms with Crippen LogP contribution < -0.4 is 0 Å². The van der Waals surface area contributed by atoms with Crippen LogP contribution in [0.3, 0.4) is 0 Å². The van der Waals surface area contributed by atoms with Crippen LogP contribution in [-0.2, 0) is 0 Å². The van der Waals surface area contributed by atoms with Gasteiger partial charge in [0.1, 0.15) is 0 Å². The molecule has 4 aliphatic carbocycles. The lowest BCUT2D eigenvalue weighted by atomic mass is 9.57. The molecular formula is C12H12Cl4. The average Bonchev–Trinajstić information content (AvgIpc) is 2.38. The lowest BCUT2D eigenvalue weighted by Crippen LogP contribution is -2.42. The summed E-state index contributed by atoms with van der Waals surface area (Å²) in [6.45, 7) is 0. The molecule has 0 radical (unpaired) electrons. The first kappa shape index (κ1) is 9.55. The molecule has 0 saturated heterocycles. The van der Waals surface area contributed by atoms with E-state index in [1.165, 1.54) is 0 Å². The monoisotopic (exact) mass is 298 g/mol. The Kier molecular flexibility index (Phi) is 2.44. The minimum atomic E-state index is -0.399. The third-order valence-corrected chi connectivity index (χ3v) is 5.90. The Balaban J connectivity index is 2.12. The van der Waals surface area contributed by atoms with Gasteiger partial charge in [0.25, 0.3) is 0 Å². The Hall–Kier alpha value is 0.640. The standard InChI is InChI=1S/C12H12Cl4/c13-9-7-5-1-2-6(4-3-5)8(7)10(14)12(16)11(9)15/h5-8H,1-4H2/t5-,6+,7-,8+/i1D,2D/t1-,2+,5+,6-,7+,8-. The number of hydrogen-bond donors (Lipinski definition) is 0. The molecule has 0 amide bonds. The van der Waals surface area contributed by atoms with E-state index < -0.39 is 12.8 Å². The van der Waals surface area contributed by atoms with E-state index in [4.69, 9.17) is 49.1 Å². The molecule has 0 heterocycles. The van der Waals surface area contributed by atoms with Crippen LogP contribution in [0.1, 0.15) is 28.4 Å². The topological polar surface area (TPSA) is 0 Å². The first-order chi connectivity index (χ1) is 8.45. The fourth-order valence-electron chi connectivity index (χ4n) is 3.19. The van der Waals surface area contributed by atoms with Crippen molar-refractivity contribution < 1.29 is 2.74 Å². The first-order valence-corrected chi connectivity index (χ1v) is 6.91. The molecule has 0 aromatic carbocycles. The van der Waals surface area contributed by atoms with E-state index in [9.17, 15) is 0 Å². The van der Waals surface area contributed by atoms with E-state index in [0.717, 1.165) is 12.8 Å². The highest BCUT2D eigenvalue weighted by molar-refractivity contribution is 6.51. The summed E-state index contributed by atoms with van der Waals surface area (Å²) < 4.78 is 16.3. The fourth-order valence-corrected chi connectivity index (χ4v) is 4.52. The third-order valence-electron chi connectivity index (χ3n) is 3.95. The normalized spacial score (nSPS) is 53.8. The molecule has 0 aromatic rings. The first-order valence-electron chi connectivity index (χ1n) is 6.55. The molecule has 4 heteroatoms. The molecule has 4 rings (SSSR count). The van der Waals surface area contributed by atoms with Crippen LogP contribution in [-0.4, -0.2) is 0 Å². The number of rotatable bonds is 0. The van der Waals surface area contributed by atoms with Crippen LogP contribution in [0.2, 0.25) is 0 Å². The van der Waals surface area contributed by atoms with Crippen LogP contribution in [0, 0.1) is 23.7 Å². The Morgan fingerprint density at radius 2 is 1.19 bits per heavy atom. The SMILES string of the molecule is [2H][C@@H]1[C@H]([2H])[C@@H]2CC[C@H]1[C@@H]1C(Cl)=C(Cl)C(Cl)=C(Cl)[C@H]21. The maximum Gasteiger partial charge on any atom is 0.0752 e. The molecule has 3 saturated carbocycles. The van der Waals surface area contributed by atoms with E-state index in [1.807, 2.05) is 0 Å². The predicted octanol–water partition coefficient (Wildman–Crippen LogP) is 5.43. The Bertz CT molecular complexity index is 417. The maximum atomic E-state index is 8.16. The van der Waals surface area contributed by atoms with Gasteiger partial charge in [0, 0.05) is 24.6 Å². The Labute approximate surface area is 118 Å². The largest absolute Gasteiger partial charge is 0.0871 e. The van der Waals surface area contributed by atoms with E-state index in [1.54, 1.807) is 0 Å². The highest BCUT2D eigenvalue weighted by Crippen LogP contribution is 2.59. The van der Waals surface area contributed by atoms with Crippen molar-refractivity contribution in [2.45, 2.75) is 25.6 Å². The molecule has 2 bridgehead atoms. The van der Waals surface area contributed by atoms with E-state index >= 15 is 0 Å². The minimum absolute atomic E-state index is 0.0167. The van der Waals surface area contributed by atoms with Gasteiger partial charge in [0.15, 0.2) is 0 Å². The van der Waals surface area contributed by atoms with Crippen LogP contribution in [0.4, 0.5) is 0 Å². The average molecular weight is 300 g/mol. The highest BCUT2D eigenvalue weighted by Gasteiger charge is 2.49. The molecule has 0 N–H and O–H groups in total. The van der Waals surface area contributed by atoms with E-state index in [0.29, 0.717) is 20.1 Å². The molecular weight excluding hydrogens is 286 g/mol. The van der Waals surface area contributed by atoms with E-state index in [-0.39, 0.29) is 23.7 Å². The molecule has 6 atom stereocenters. The van der Waals surface area contributed by atoms with Gasteiger partial charge in [-0.05, 0) is 37.5 Å². The summed E-state index contributed by atoms with van der Waals surface area (Å²) in [7, 11) is 0. The molecule has 0 aliphatic heterocycles. The molecule has 0 nitrogen and oxygen atoms in total. The summed E-state index contributed by atoms with van der Waals surface area (Å²) in [6.07, 6.45) is 1.06. The molecule has 88 valence electrons. The van der Waals surface area contributed by atoms with Gasteiger partial charge >= 0.3 is 0 Å². The second-order valence-electron chi connectivity index (χ2n) is 4.67. The van der Waals surface area contributed by atoms with Gasteiger partial charge in [-0.2, -0.15) is 0 Å². The van der Waals surface area contributed by atoms with Crippen molar-refractivity contribution in [3.05, 3.63) is 20.1 Å². The molecule has 0 aromatic heterocycles.